The van der Waals surface area contributed by atoms with Gasteiger partial charge in [-0.2, -0.15) is 9.61 Å². The van der Waals surface area contributed by atoms with E-state index in [2.05, 4.69) is 33.5 Å². The molecule has 2 heterocycles. The zero-order valence-electron chi connectivity index (χ0n) is 12.5. The summed E-state index contributed by atoms with van der Waals surface area (Å²) in [5.74, 6) is 1.54. The molecular weight excluding hydrogens is 312 g/mol. The Balaban J connectivity index is 1.58. The first-order chi connectivity index (χ1) is 11.3. The summed E-state index contributed by atoms with van der Waals surface area (Å²) in [7, 11) is 1.62. The molecule has 0 atom stereocenters. The lowest BCUT2D eigenvalue weighted by atomic mass is 10.1. The van der Waals surface area contributed by atoms with Crippen molar-refractivity contribution in [2.45, 2.75) is 13.2 Å². The van der Waals surface area contributed by atoms with Crippen molar-refractivity contribution in [3.63, 3.8) is 0 Å². The van der Waals surface area contributed by atoms with Crippen molar-refractivity contribution >= 4 is 27.1 Å². The summed E-state index contributed by atoms with van der Waals surface area (Å²) in [5.41, 5.74) is 0. The lowest BCUT2D eigenvalue weighted by Gasteiger charge is -2.07. The van der Waals surface area contributed by atoms with E-state index in [0.29, 0.717) is 19.0 Å². The van der Waals surface area contributed by atoms with Crippen molar-refractivity contribution in [1.82, 2.24) is 19.8 Å². The maximum absolute atomic E-state index is 5.96. The summed E-state index contributed by atoms with van der Waals surface area (Å²) in [6, 6.07) is 14.2. The molecule has 4 rings (SSSR count). The van der Waals surface area contributed by atoms with Crippen LogP contribution in [0.3, 0.4) is 0 Å². The minimum atomic E-state index is 0.383. The van der Waals surface area contributed by atoms with Gasteiger partial charge in [0.1, 0.15) is 19.0 Å². The van der Waals surface area contributed by atoms with Gasteiger partial charge in [-0.05, 0) is 11.5 Å². The van der Waals surface area contributed by atoms with Gasteiger partial charge in [-0.15, -0.1) is 10.2 Å². The van der Waals surface area contributed by atoms with E-state index in [4.69, 9.17) is 9.47 Å². The molecule has 23 heavy (non-hydrogen) atoms. The fraction of sp³-hybridized carbons (Fsp3) is 0.188. The highest BCUT2D eigenvalue weighted by atomic mass is 32.1. The van der Waals surface area contributed by atoms with Crippen LogP contribution in [0, 0.1) is 0 Å². The van der Waals surface area contributed by atoms with Crippen molar-refractivity contribution in [2.75, 3.05) is 7.11 Å². The number of aromatic nitrogens is 4. The molecule has 0 aliphatic rings. The van der Waals surface area contributed by atoms with Gasteiger partial charge in [-0.25, -0.2) is 0 Å². The van der Waals surface area contributed by atoms with Crippen molar-refractivity contribution in [1.29, 1.82) is 0 Å². The van der Waals surface area contributed by atoms with Gasteiger partial charge < -0.3 is 9.47 Å². The number of rotatable bonds is 5. The van der Waals surface area contributed by atoms with Crippen LogP contribution in [0.1, 0.15) is 10.8 Å². The molecule has 0 aliphatic heterocycles. The van der Waals surface area contributed by atoms with Crippen molar-refractivity contribution in [2.24, 2.45) is 0 Å². The first kappa shape index (κ1) is 14.1. The van der Waals surface area contributed by atoms with E-state index in [9.17, 15) is 0 Å². The average Bonchev–Trinajstić information content (AvgIpc) is 3.15. The molecule has 0 fully saturated rings. The van der Waals surface area contributed by atoms with E-state index in [1.54, 1.807) is 11.6 Å². The normalized spacial score (nSPS) is 11.3. The fourth-order valence-corrected chi connectivity index (χ4v) is 3.20. The van der Waals surface area contributed by atoms with Gasteiger partial charge in [-0.1, -0.05) is 47.7 Å². The van der Waals surface area contributed by atoms with Crippen LogP contribution < -0.4 is 4.74 Å². The van der Waals surface area contributed by atoms with Crippen LogP contribution >= 0.6 is 11.3 Å². The molecule has 116 valence electrons. The number of ether oxygens (including phenoxy) is 2. The lowest BCUT2D eigenvalue weighted by Crippen LogP contribution is -2.00. The Kier molecular flexibility index (Phi) is 3.64. The van der Waals surface area contributed by atoms with Gasteiger partial charge in [0.15, 0.2) is 10.8 Å². The summed E-state index contributed by atoms with van der Waals surface area (Å²) in [6.07, 6.45) is 0. The minimum Gasteiger partial charge on any atom is -0.486 e. The van der Waals surface area contributed by atoms with Crippen LogP contribution in [-0.4, -0.2) is 26.9 Å². The maximum Gasteiger partial charge on any atom is 0.234 e. The molecule has 0 aliphatic carbocycles. The largest absolute Gasteiger partial charge is 0.486 e. The molecule has 0 saturated heterocycles. The minimum absolute atomic E-state index is 0.383. The standard InChI is InChI=1S/C16H14N4O2S/c1-21-9-14-17-18-16-20(14)19-15(23-16)10-22-13-8-4-6-11-5-2-3-7-12(11)13/h2-8H,9-10H2,1H3. The number of fused-ring (bicyclic) bond motifs is 2. The summed E-state index contributed by atoms with van der Waals surface area (Å²) in [5, 5.41) is 15.7. The topological polar surface area (TPSA) is 61.5 Å². The number of hydrogen-bond acceptors (Lipinski definition) is 6. The van der Waals surface area contributed by atoms with Crippen LogP contribution in [0.15, 0.2) is 42.5 Å². The molecular formula is C16H14N4O2S. The molecule has 6 nitrogen and oxygen atoms in total. The molecule has 0 radical (unpaired) electrons. The van der Waals surface area contributed by atoms with Gasteiger partial charge >= 0.3 is 0 Å². The maximum atomic E-state index is 5.96. The molecule has 2 aromatic carbocycles. The van der Waals surface area contributed by atoms with Crippen LogP contribution in [-0.2, 0) is 18.0 Å². The Labute approximate surface area is 136 Å². The highest BCUT2D eigenvalue weighted by molar-refractivity contribution is 7.16. The summed E-state index contributed by atoms with van der Waals surface area (Å²) in [6.45, 7) is 0.781. The van der Waals surface area contributed by atoms with Crippen LogP contribution in [0.4, 0.5) is 0 Å². The van der Waals surface area contributed by atoms with E-state index in [1.165, 1.54) is 11.3 Å². The number of methoxy groups -OCH3 is 1. The Hall–Kier alpha value is -2.51. The fourth-order valence-electron chi connectivity index (χ4n) is 2.44. The van der Waals surface area contributed by atoms with Gasteiger partial charge in [0.25, 0.3) is 0 Å². The predicted octanol–water partition coefficient (Wildman–Crippen LogP) is 3.06. The predicted molar refractivity (Wildman–Crippen MR) is 87.7 cm³/mol. The van der Waals surface area contributed by atoms with Gasteiger partial charge in [0, 0.05) is 12.5 Å². The molecule has 0 saturated carbocycles. The van der Waals surface area contributed by atoms with E-state index in [1.807, 2.05) is 24.3 Å². The zero-order chi connectivity index (χ0) is 15.6. The van der Waals surface area contributed by atoms with Crippen LogP contribution in [0.25, 0.3) is 15.7 Å². The number of benzene rings is 2. The van der Waals surface area contributed by atoms with E-state index in [0.717, 1.165) is 26.5 Å². The highest BCUT2D eigenvalue weighted by Crippen LogP contribution is 2.26. The van der Waals surface area contributed by atoms with E-state index >= 15 is 0 Å². The molecule has 0 amide bonds. The molecule has 0 bridgehead atoms. The second-order valence-corrected chi connectivity index (χ2v) is 6.05. The lowest BCUT2D eigenvalue weighted by molar-refractivity contribution is 0.176. The Morgan fingerprint density at radius 2 is 1.91 bits per heavy atom. The van der Waals surface area contributed by atoms with E-state index < -0.39 is 0 Å². The van der Waals surface area contributed by atoms with Gasteiger partial charge in [0.05, 0.1) is 0 Å². The van der Waals surface area contributed by atoms with Crippen LogP contribution in [0.2, 0.25) is 0 Å². The highest BCUT2D eigenvalue weighted by Gasteiger charge is 2.12. The summed E-state index contributed by atoms with van der Waals surface area (Å²) < 4.78 is 12.8. The third kappa shape index (κ3) is 2.64. The summed E-state index contributed by atoms with van der Waals surface area (Å²) in [4.78, 5) is 0.744. The monoisotopic (exact) mass is 326 g/mol. The smallest absolute Gasteiger partial charge is 0.234 e. The Morgan fingerprint density at radius 1 is 1.04 bits per heavy atom. The average molecular weight is 326 g/mol. The molecule has 4 aromatic rings. The molecule has 7 heteroatoms. The number of hydrogen-bond donors (Lipinski definition) is 0. The Morgan fingerprint density at radius 3 is 2.83 bits per heavy atom. The first-order valence-corrected chi connectivity index (χ1v) is 7.96. The first-order valence-electron chi connectivity index (χ1n) is 7.14. The van der Waals surface area contributed by atoms with E-state index in [-0.39, 0.29) is 0 Å². The number of nitrogens with zero attached hydrogens (tertiary/aromatic N) is 4. The van der Waals surface area contributed by atoms with Gasteiger partial charge in [-0.3, -0.25) is 0 Å². The molecule has 0 spiro atoms. The van der Waals surface area contributed by atoms with Crippen LogP contribution in [0.5, 0.6) is 5.75 Å². The molecule has 2 aromatic heterocycles. The van der Waals surface area contributed by atoms with Crippen molar-refractivity contribution in [3.8, 4) is 5.75 Å². The second-order valence-electron chi connectivity index (χ2n) is 5.01. The third-order valence-electron chi connectivity index (χ3n) is 3.47. The van der Waals surface area contributed by atoms with Crippen molar-refractivity contribution in [3.05, 3.63) is 53.3 Å². The third-order valence-corrected chi connectivity index (χ3v) is 4.34. The van der Waals surface area contributed by atoms with Gasteiger partial charge in [0.2, 0.25) is 4.96 Å². The summed E-state index contributed by atoms with van der Waals surface area (Å²) >= 11 is 1.47. The zero-order valence-corrected chi connectivity index (χ0v) is 13.3. The Bertz CT molecular complexity index is 958. The molecule has 0 unspecified atom stereocenters. The quantitative estimate of drug-likeness (QED) is 0.564. The SMILES string of the molecule is COCc1nnc2sc(COc3cccc4ccccc34)nn12. The molecule has 0 N–H and O–H groups in total. The van der Waals surface area contributed by atoms with Crippen molar-refractivity contribution < 1.29 is 9.47 Å². The second kappa shape index (κ2) is 5.94.